The largest absolute Gasteiger partial charge is 0.378 e. The van der Waals surface area contributed by atoms with Gasteiger partial charge in [-0.15, -0.1) is 0 Å². The first kappa shape index (κ1) is 25.6. The molecular formula is C18H31F2N9O. The van der Waals surface area contributed by atoms with E-state index in [2.05, 4.69) is 53.9 Å². The number of aliphatic imine (C=N–C) groups is 3. The standard InChI is InChI=1S/C12H17F2N7.C6H14N2O/c1-16-11(19-7-21-4-2-17-3-5-21)8-6-18-12(15)20-9(8)10(13)14;1-7-3-5-9-6-4-8-2/h6,10,17H,1-5,7H2,(H2,15,18,20);8H,1,3-6H2,2H3/b19-11-;. The number of rotatable bonds is 10. The van der Waals surface area contributed by atoms with Gasteiger partial charge in [0.25, 0.3) is 6.43 Å². The van der Waals surface area contributed by atoms with Gasteiger partial charge in [-0.25, -0.2) is 23.7 Å². The van der Waals surface area contributed by atoms with Gasteiger partial charge in [-0.1, -0.05) is 0 Å². The van der Waals surface area contributed by atoms with Crippen LogP contribution in [0.25, 0.3) is 0 Å². The van der Waals surface area contributed by atoms with Crippen molar-refractivity contribution in [3.8, 4) is 0 Å². The van der Waals surface area contributed by atoms with Gasteiger partial charge in [0.2, 0.25) is 5.95 Å². The van der Waals surface area contributed by atoms with Gasteiger partial charge in [0.15, 0.2) is 5.84 Å². The van der Waals surface area contributed by atoms with E-state index in [1.165, 1.54) is 6.20 Å². The van der Waals surface area contributed by atoms with Crippen LogP contribution in [0.5, 0.6) is 0 Å². The minimum Gasteiger partial charge on any atom is -0.378 e. The number of hydrogen-bond donors (Lipinski definition) is 3. The molecule has 1 saturated heterocycles. The van der Waals surface area contributed by atoms with Crippen LogP contribution in [0.2, 0.25) is 0 Å². The molecule has 0 saturated carbocycles. The first-order chi connectivity index (χ1) is 14.5. The van der Waals surface area contributed by atoms with Gasteiger partial charge in [0, 0.05) is 38.9 Å². The third kappa shape index (κ3) is 9.87. The van der Waals surface area contributed by atoms with Gasteiger partial charge in [0.1, 0.15) is 5.69 Å². The predicted molar refractivity (Wildman–Crippen MR) is 116 cm³/mol. The molecule has 30 heavy (non-hydrogen) atoms. The fourth-order valence-electron chi connectivity index (χ4n) is 2.39. The Morgan fingerprint density at radius 3 is 2.70 bits per heavy atom. The number of anilines is 1. The highest BCUT2D eigenvalue weighted by Gasteiger charge is 2.20. The van der Waals surface area contributed by atoms with Crippen molar-refractivity contribution in [3.63, 3.8) is 0 Å². The number of aromatic nitrogens is 2. The highest BCUT2D eigenvalue weighted by molar-refractivity contribution is 6.02. The number of ether oxygens (including phenoxy) is 1. The Kier molecular flexibility index (Phi) is 13.2. The van der Waals surface area contributed by atoms with E-state index in [9.17, 15) is 8.78 Å². The van der Waals surface area contributed by atoms with E-state index in [1.807, 2.05) is 7.05 Å². The second-order valence-corrected chi connectivity index (χ2v) is 6.14. The Bertz CT molecular complexity index is 667. The van der Waals surface area contributed by atoms with Crippen LogP contribution in [-0.4, -0.2) is 100 Å². The molecule has 0 atom stereocenters. The van der Waals surface area contributed by atoms with Crippen molar-refractivity contribution in [2.75, 3.05) is 71.9 Å². The molecule has 4 N–H and O–H groups in total. The van der Waals surface area contributed by atoms with Gasteiger partial charge < -0.3 is 21.1 Å². The van der Waals surface area contributed by atoms with Crippen LogP contribution in [-0.2, 0) is 4.74 Å². The number of nitrogens with two attached hydrogens (primary N) is 1. The molecule has 0 spiro atoms. The summed E-state index contributed by atoms with van der Waals surface area (Å²) in [5.41, 5.74) is 4.92. The Hall–Kier alpha value is -2.41. The number of nitrogens with zero attached hydrogens (tertiary/aromatic N) is 6. The summed E-state index contributed by atoms with van der Waals surface area (Å²) in [5, 5.41) is 6.19. The molecule has 12 heteroatoms. The Balaban J connectivity index is 0.000000424. The maximum absolute atomic E-state index is 13.0. The van der Waals surface area contributed by atoms with Crippen LogP contribution >= 0.6 is 0 Å². The van der Waals surface area contributed by atoms with E-state index in [1.54, 1.807) is 0 Å². The summed E-state index contributed by atoms with van der Waals surface area (Å²) in [7, 11) is 1.90. The zero-order valence-corrected chi connectivity index (χ0v) is 17.4. The molecule has 0 bridgehead atoms. The van der Waals surface area contributed by atoms with Crippen molar-refractivity contribution in [2.45, 2.75) is 6.43 Å². The average molecular weight is 428 g/mol. The van der Waals surface area contributed by atoms with Gasteiger partial charge in [0.05, 0.1) is 32.0 Å². The molecule has 2 heterocycles. The summed E-state index contributed by atoms with van der Waals surface area (Å²) in [6.07, 6.45) is -1.58. The van der Waals surface area contributed by atoms with Crippen LogP contribution < -0.4 is 16.4 Å². The van der Waals surface area contributed by atoms with Crippen LogP contribution in [0.15, 0.2) is 21.2 Å². The van der Waals surface area contributed by atoms with Crippen LogP contribution in [0.4, 0.5) is 14.7 Å². The lowest BCUT2D eigenvalue weighted by molar-refractivity contribution is 0.145. The number of hydrogen-bond acceptors (Lipinski definition) is 9. The molecule has 10 nitrogen and oxygen atoms in total. The van der Waals surface area contributed by atoms with Gasteiger partial charge in [-0.05, 0) is 20.5 Å². The number of likely N-dealkylation sites (N-methyl/N-ethyl adjacent to an activating group) is 1. The molecule has 1 aromatic heterocycles. The van der Waals surface area contributed by atoms with Gasteiger partial charge >= 0.3 is 0 Å². The number of amidine groups is 1. The Labute approximate surface area is 175 Å². The lowest BCUT2D eigenvalue weighted by Crippen LogP contribution is -2.43. The zero-order valence-electron chi connectivity index (χ0n) is 17.4. The van der Waals surface area contributed by atoms with Crippen molar-refractivity contribution in [3.05, 3.63) is 17.5 Å². The Morgan fingerprint density at radius 1 is 1.37 bits per heavy atom. The molecular weight excluding hydrogens is 396 g/mol. The summed E-state index contributed by atoms with van der Waals surface area (Å²) in [6, 6.07) is 0. The number of nitrogen functional groups attached to an aromatic ring is 1. The summed E-state index contributed by atoms with van der Waals surface area (Å²) >= 11 is 0. The smallest absolute Gasteiger partial charge is 0.281 e. The summed E-state index contributed by atoms with van der Waals surface area (Å²) in [4.78, 5) is 21.0. The molecule has 1 aromatic rings. The molecule has 0 amide bonds. The van der Waals surface area contributed by atoms with Crippen LogP contribution in [0.1, 0.15) is 17.7 Å². The molecule has 0 aromatic carbocycles. The maximum atomic E-state index is 13.0. The first-order valence-corrected chi connectivity index (χ1v) is 9.53. The lowest BCUT2D eigenvalue weighted by Gasteiger charge is -2.25. The van der Waals surface area contributed by atoms with Gasteiger partial charge in [-0.2, -0.15) is 0 Å². The van der Waals surface area contributed by atoms with Gasteiger partial charge in [-0.3, -0.25) is 14.9 Å². The number of nitrogens with one attached hydrogen (secondary N) is 2. The highest BCUT2D eigenvalue weighted by atomic mass is 19.3. The van der Waals surface area contributed by atoms with E-state index in [4.69, 9.17) is 10.5 Å². The fraction of sp³-hybridized carbons (Fsp3) is 0.611. The third-order valence-electron chi connectivity index (χ3n) is 3.95. The number of alkyl halides is 2. The quantitative estimate of drug-likeness (QED) is 0.277. The Morgan fingerprint density at radius 2 is 2.10 bits per heavy atom. The first-order valence-electron chi connectivity index (χ1n) is 9.53. The van der Waals surface area contributed by atoms with E-state index < -0.39 is 12.1 Å². The van der Waals surface area contributed by atoms with E-state index in [0.29, 0.717) is 19.8 Å². The molecule has 1 fully saturated rings. The molecule has 2 rings (SSSR count). The van der Waals surface area contributed by atoms with E-state index in [-0.39, 0.29) is 17.3 Å². The van der Waals surface area contributed by atoms with Crippen LogP contribution in [0, 0.1) is 0 Å². The minimum atomic E-state index is -2.78. The molecule has 168 valence electrons. The fourth-order valence-corrected chi connectivity index (χ4v) is 2.39. The molecule has 0 unspecified atom stereocenters. The molecule has 1 aliphatic heterocycles. The van der Waals surface area contributed by atoms with Crippen molar-refractivity contribution in [2.24, 2.45) is 15.0 Å². The summed E-state index contributed by atoms with van der Waals surface area (Å²) in [5.74, 6) is -0.108. The third-order valence-corrected chi connectivity index (χ3v) is 3.95. The normalized spacial score (nSPS) is 14.9. The number of piperazine rings is 1. The van der Waals surface area contributed by atoms with Crippen molar-refractivity contribution in [1.29, 1.82) is 0 Å². The predicted octanol–water partition coefficient (Wildman–Crippen LogP) is 0.229. The minimum absolute atomic E-state index is 0.0596. The molecule has 0 radical (unpaired) electrons. The van der Waals surface area contributed by atoms with E-state index in [0.717, 1.165) is 39.3 Å². The molecule has 1 aliphatic rings. The second-order valence-electron chi connectivity index (χ2n) is 6.14. The lowest BCUT2D eigenvalue weighted by atomic mass is 10.2. The van der Waals surface area contributed by atoms with Crippen LogP contribution in [0.3, 0.4) is 0 Å². The van der Waals surface area contributed by atoms with Crippen molar-refractivity contribution in [1.82, 2.24) is 25.5 Å². The van der Waals surface area contributed by atoms with E-state index >= 15 is 0 Å². The number of halogens is 2. The highest BCUT2D eigenvalue weighted by Crippen LogP contribution is 2.22. The second kappa shape index (κ2) is 15.4. The summed E-state index contributed by atoms with van der Waals surface area (Å²) in [6.45, 7) is 13.5. The van der Waals surface area contributed by atoms with Crippen molar-refractivity contribution < 1.29 is 13.5 Å². The summed E-state index contributed by atoms with van der Waals surface area (Å²) < 4.78 is 31.2. The molecule has 0 aliphatic carbocycles. The zero-order chi connectivity index (χ0) is 22.2. The maximum Gasteiger partial charge on any atom is 0.281 e. The average Bonchev–Trinajstić information content (AvgIpc) is 2.76. The van der Waals surface area contributed by atoms with Crippen molar-refractivity contribution >= 4 is 25.2 Å². The monoisotopic (exact) mass is 427 g/mol. The topological polar surface area (TPSA) is 125 Å². The SMILES string of the molecule is C=N/C(=N\CN1CCNCC1)c1cnc(N)nc1C(F)F.C=NCCOCCNC.